The monoisotopic (exact) mass is 224 g/mol. The minimum Gasteiger partial charge on any atom is -0.361 e. The number of benzene rings is 1. The van der Waals surface area contributed by atoms with Gasteiger partial charge in [-0.05, 0) is 37.5 Å². The van der Waals surface area contributed by atoms with E-state index in [1.807, 2.05) is 6.20 Å². The molecule has 1 N–H and O–H groups in total. The first-order valence-electron chi connectivity index (χ1n) is 5.80. The van der Waals surface area contributed by atoms with Gasteiger partial charge in [-0.2, -0.15) is 5.26 Å². The van der Waals surface area contributed by atoms with Crippen molar-refractivity contribution in [2.75, 3.05) is 0 Å². The molecule has 0 radical (unpaired) electrons. The zero-order valence-corrected chi connectivity index (χ0v) is 10.2. The maximum atomic E-state index is 8.73. The molecular formula is C15H16N2. The standard InChI is InChI=1S/C15H16N2/c1-11(2)3-4-12-5-6-14-13(7-8-16)10-17-15(14)9-12/h3,5-6,9-10,17H,4,7H2,1-2H3. The second-order valence-corrected chi connectivity index (χ2v) is 4.51. The molecule has 0 saturated carbocycles. The van der Waals surface area contributed by atoms with Crippen molar-refractivity contribution in [1.29, 1.82) is 5.26 Å². The van der Waals surface area contributed by atoms with Crippen LogP contribution in [0.2, 0.25) is 0 Å². The molecule has 1 aromatic carbocycles. The Hall–Kier alpha value is -2.01. The van der Waals surface area contributed by atoms with Gasteiger partial charge in [-0.1, -0.05) is 23.8 Å². The van der Waals surface area contributed by atoms with Crippen LogP contribution < -0.4 is 0 Å². The fourth-order valence-electron chi connectivity index (χ4n) is 1.91. The van der Waals surface area contributed by atoms with Gasteiger partial charge >= 0.3 is 0 Å². The number of nitrogens with zero attached hydrogens (tertiary/aromatic N) is 1. The van der Waals surface area contributed by atoms with Crippen molar-refractivity contribution in [3.05, 3.63) is 47.2 Å². The van der Waals surface area contributed by atoms with Gasteiger partial charge in [0.2, 0.25) is 0 Å². The summed E-state index contributed by atoms with van der Waals surface area (Å²) >= 11 is 0. The van der Waals surface area contributed by atoms with Crippen LogP contribution in [0.5, 0.6) is 0 Å². The van der Waals surface area contributed by atoms with E-state index < -0.39 is 0 Å². The molecule has 0 saturated heterocycles. The van der Waals surface area contributed by atoms with E-state index in [0.29, 0.717) is 6.42 Å². The van der Waals surface area contributed by atoms with E-state index in [2.05, 4.69) is 49.2 Å². The number of nitrogens with one attached hydrogen (secondary N) is 1. The van der Waals surface area contributed by atoms with Crippen molar-refractivity contribution < 1.29 is 0 Å². The zero-order valence-electron chi connectivity index (χ0n) is 10.2. The third-order valence-electron chi connectivity index (χ3n) is 2.85. The summed E-state index contributed by atoms with van der Waals surface area (Å²) in [6.07, 6.45) is 5.58. The molecule has 0 spiro atoms. The molecule has 0 unspecified atom stereocenters. The molecule has 2 aromatic rings. The number of allylic oxidation sites excluding steroid dienone is 2. The average molecular weight is 224 g/mol. The second-order valence-electron chi connectivity index (χ2n) is 4.51. The van der Waals surface area contributed by atoms with E-state index in [-0.39, 0.29) is 0 Å². The highest BCUT2D eigenvalue weighted by atomic mass is 14.7. The molecule has 0 amide bonds. The summed E-state index contributed by atoms with van der Waals surface area (Å²) in [5, 5.41) is 9.89. The van der Waals surface area contributed by atoms with E-state index >= 15 is 0 Å². The summed E-state index contributed by atoms with van der Waals surface area (Å²) in [5.74, 6) is 0. The number of rotatable bonds is 3. The first-order chi connectivity index (χ1) is 8.20. The van der Waals surface area contributed by atoms with Gasteiger partial charge < -0.3 is 4.98 Å². The summed E-state index contributed by atoms with van der Waals surface area (Å²) in [6.45, 7) is 4.22. The first-order valence-corrected chi connectivity index (χ1v) is 5.80. The lowest BCUT2D eigenvalue weighted by Gasteiger charge is -1.99. The topological polar surface area (TPSA) is 39.6 Å². The van der Waals surface area contributed by atoms with Gasteiger partial charge in [0, 0.05) is 17.1 Å². The van der Waals surface area contributed by atoms with Crippen LogP contribution in [0.3, 0.4) is 0 Å². The normalized spacial score (nSPS) is 10.2. The number of H-pyrrole nitrogens is 1. The fourth-order valence-corrected chi connectivity index (χ4v) is 1.91. The van der Waals surface area contributed by atoms with Crippen molar-refractivity contribution >= 4 is 10.9 Å². The van der Waals surface area contributed by atoms with Crippen LogP contribution in [0.4, 0.5) is 0 Å². The largest absolute Gasteiger partial charge is 0.361 e. The van der Waals surface area contributed by atoms with Crippen LogP contribution in [0, 0.1) is 11.3 Å². The van der Waals surface area contributed by atoms with Gasteiger partial charge in [0.05, 0.1) is 12.5 Å². The Bertz CT molecular complexity index is 593. The second kappa shape index (κ2) is 4.88. The van der Waals surface area contributed by atoms with E-state index in [1.54, 1.807) is 0 Å². The minimum atomic E-state index is 0.466. The molecule has 1 aromatic heterocycles. The minimum absolute atomic E-state index is 0.466. The predicted octanol–water partition coefficient (Wildman–Crippen LogP) is 3.74. The summed E-state index contributed by atoms with van der Waals surface area (Å²) in [7, 11) is 0. The zero-order chi connectivity index (χ0) is 12.3. The maximum Gasteiger partial charge on any atom is 0.0670 e. The number of aromatic nitrogens is 1. The van der Waals surface area contributed by atoms with Crippen molar-refractivity contribution in [3.63, 3.8) is 0 Å². The quantitative estimate of drug-likeness (QED) is 0.792. The molecule has 0 fully saturated rings. The van der Waals surface area contributed by atoms with Gasteiger partial charge in [-0.3, -0.25) is 0 Å². The number of nitriles is 1. The molecule has 17 heavy (non-hydrogen) atoms. The van der Waals surface area contributed by atoms with Crippen LogP contribution in [-0.2, 0) is 12.8 Å². The van der Waals surface area contributed by atoms with E-state index in [9.17, 15) is 0 Å². The van der Waals surface area contributed by atoms with Crippen LogP contribution in [0.15, 0.2) is 36.0 Å². The van der Waals surface area contributed by atoms with Crippen LogP contribution in [0.1, 0.15) is 25.0 Å². The highest BCUT2D eigenvalue weighted by molar-refractivity contribution is 5.84. The van der Waals surface area contributed by atoms with Crippen molar-refractivity contribution in [2.45, 2.75) is 26.7 Å². The van der Waals surface area contributed by atoms with Gasteiger partial charge in [-0.15, -0.1) is 0 Å². The smallest absolute Gasteiger partial charge is 0.0670 e. The molecule has 0 bridgehead atoms. The van der Waals surface area contributed by atoms with Gasteiger partial charge in [-0.25, -0.2) is 0 Å². The van der Waals surface area contributed by atoms with Crippen LogP contribution >= 0.6 is 0 Å². The Morgan fingerprint density at radius 1 is 1.41 bits per heavy atom. The summed E-state index contributed by atoms with van der Waals surface area (Å²) in [5.41, 5.74) is 4.83. The molecule has 2 heteroatoms. The number of aromatic amines is 1. The summed E-state index contributed by atoms with van der Waals surface area (Å²) < 4.78 is 0. The van der Waals surface area contributed by atoms with Gasteiger partial charge in [0.25, 0.3) is 0 Å². The van der Waals surface area contributed by atoms with Crippen molar-refractivity contribution in [3.8, 4) is 6.07 Å². The molecular weight excluding hydrogens is 208 g/mol. The Labute approximate surface area is 102 Å². The van der Waals surface area contributed by atoms with Crippen LogP contribution in [0.25, 0.3) is 10.9 Å². The van der Waals surface area contributed by atoms with Gasteiger partial charge in [0.1, 0.15) is 0 Å². The Balaban J connectivity index is 2.33. The Morgan fingerprint density at radius 2 is 2.24 bits per heavy atom. The van der Waals surface area contributed by atoms with Crippen molar-refractivity contribution in [2.24, 2.45) is 0 Å². The molecule has 2 nitrogen and oxygen atoms in total. The summed E-state index contributed by atoms with van der Waals surface area (Å²) in [4.78, 5) is 3.23. The molecule has 2 rings (SSSR count). The highest BCUT2D eigenvalue weighted by Gasteiger charge is 2.03. The third-order valence-corrected chi connectivity index (χ3v) is 2.85. The van der Waals surface area contributed by atoms with E-state index in [4.69, 9.17) is 5.26 Å². The van der Waals surface area contributed by atoms with Crippen LogP contribution in [-0.4, -0.2) is 4.98 Å². The molecule has 86 valence electrons. The average Bonchev–Trinajstić information content (AvgIpc) is 2.70. The van der Waals surface area contributed by atoms with E-state index in [0.717, 1.165) is 22.9 Å². The van der Waals surface area contributed by atoms with Crippen molar-refractivity contribution in [1.82, 2.24) is 4.98 Å². The van der Waals surface area contributed by atoms with E-state index in [1.165, 1.54) is 11.1 Å². The number of fused-ring (bicyclic) bond motifs is 1. The third kappa shape index (κ3) is 2.57. The lowest BCUT2D eigenvalue weighted by Crippen LogP contribution is -1.83. The fraction of sp³-hybridized carbons (Fsp3) is 0.267. The molecule has 0 aliphatic heterocycles. The predicted molar refractivity (Wildman–Crippen MR) is 70.8 cm³/mol. The Kier molecular flexibility index (Phi) is 3.30. The van der Waals surface area contributed by atoms with Gasteiger partial charge in [0.15, 0.2) is 0 Å². The number of hydrogen-bond donors (Lipinski definition) is 1. The SMILES string of the molecule is CC(C)=CCc1ccc2c(CC#N)c[nH]c2c1. The summed E-state index contributed by atoms with van der Waals surface area (Å²) in [6, 6.07) is 8.59. The number of hydrogen-bond acceptors (Lipinski definition) is 1. The first kappa shape index (κ1) is 11.5. The lowest BCUT2D eigenvalue weighted by molar-refractivity contribution is 1.22. The molecule has 0 aliphatic carbocycles. The highest BCUT2D eigenvalue weighted by Crippen LogP contribution is 2.20. The lowest BCUT2D eigenvalue weighted by atomic mass is 10.1. The molecule has 0 atom stereocenters. The Morgan fingerprint density at radius 3 is 2.94 bits per heavy atom. The molecule has 1 heterocycles. The maximum absolute atomic E-state index is 8.73. The molecule has 0 aliphatic rings.